The molecular weight excluding hydrogens is 326 g/mol. The van der Waals surface area contributed by atoms with Gasteiger partial charge >= 0.3 is 0 Å². The van der Waals surface area contributed by atoms with Crippen molar-refractivity contribution in [3.8, 4) is 11.5 Å². The van der Waals surface area contributed by atoms with E-state index in [0.717, 1.165) is 53.0 Å². The van der Waals surface area contributed by atoms with Gasteiger partial charge in [-0.2, -0.15) is 0 Å². The zero-order valence-electron chi connectivity index (χ0n) is 13.7. The highest BCUT2D eigenvalue weighted by molar-refractivity contribution is 6.07. The maximum Gasteiger partial charge on any atom is 0.163 e. The normalized spacial score (nSPS) is 17.6. The second-order valence-electron chi connectivity index (χ2n) is 6.12. The van der Waals surface area contributed by atoms with Crippen LogP contribution in [0.25, 0.3) is 21.8 Å². The van der Waals surface area contributed by atoms with E-state index in [2.05, 4.69) is 15.3 Å². The van der Waals surface area contributed by atoms with Crippen molar-refractivity contribution in [3.05, 3.63) is 30.6 Å². The molecule has 24 heavy (non-hydrogen) atoms. The second-order valence-corrected chi connectivity index (χ2v) is 6.12. The van der Waals surface area contributed by atoms with Gasteiger partial charge in [-0.1, -0.05) is 0 Å². The number of H-pyrrole nitrogens is 1. The van der Waals surface area contributed by atoms with Crippen molar-refractivity contribution < 1.29 is 9.47 Å². The highest BCUT2D eigenvalue weighted by atomic mass is 35.5. The van der Waals surface area contributed by atoms with Crippen molar-refractivity contribution in [1.29, 1.82) is 0 Å². The third-order valence-electron chi connectivity index (χ3n) is 4.56. The van der Waals surface area contributed by atoms with Crippen LogP contribution in [0.3, 0.4) is 0 Å². The van der Waals surface area contributed by atoms with Crippen molar-refractivity contribution in [1.82, 2.24) is 15.3 Å². The largest absolute Gasteiger partial charge is 0.493 e. The molecule has 0 saturated carbocycles. The number of pyridine rings is 1. The lowest BCUT2D eigenvalue weighted by molar-refractivity contribution is 0.211. The SMILES string of the molecule is COc1cc2c(cc1OCC1CCCNC1)[nH]c1ccncc12.Cl. The summed E-state index contributed by atoms with van der Waals surface area (Å²) >= 11 is 0. The number of aromatic amines is 1. The first-order valence-corrected chi connectivity index (χ1v) is 8.12. The summed E-state index contributed by atoms with van der Waals surface area (Å²) in [6, 6.07) is 6.05. The summed E-state index contributed by atoms with van der Waals surface area (Å²) in [6.07, 6.45) is 6.11. The Morgan fingerprint density at radius 3 is 2.92 bits per heavy atom. The quantitative estimate of drug-likeness (QED) is 0.758. The lowest BCUT2D eigenvalue weighted by Crippen LogP contribution is -2.33. The molecule has 3 heterocycles. The second kappa shape index (κ2) is 7.28. The molecule has 0 radical (unpaired) electrons. The number of ether oxygens (including phenoxy) is 2. The molecule has 0 spiro atoms. The Morgan fingerprint density at radius 1 is 1.21 bits per heavy atom. The lowest BCUT2D eigenvalue weighted by Gasteiger charge is -2.23. The number of nitrogens with zero attached hydrogens (tertiary/aromatic N) is 1. The monoisotopic (exact) mass is 347 g/mol. The topological polar surface area (TPSA) is 59.2 Å². The number of piperidine rings is 1. The van der Waals surface area contributed by atoms with Gasteiger partial charge in [0.25, 0.3) is 0 Å². The Kier molecular flexibility index (Phi) is 5.11. The van der Waals surface area contributed by atoms with E-state index in [0.29, 0.717) is 5.92 Å². The smallest absolute Gasteiger partial charge is 0.163 e. The zero-order valence-corrected chi connectivity index (χ0v) is 14.5. The molecule has 1 unspecified atom stereocenters. The summed E-state index contributed by atoms with van der Waals surface area (Å²) < 4.78 is 11.6. The van der Waals surface area contributed by atoms with Crippen LogP contribution in [0.5, 0.6) is 11.5 Å². The lowest BCUT2D eigenvalue weighted by atomic mass is 10.0. The van der Waals surface area contributed by atoms with Gasteiger partial charge < -0.3 is 19.8 Å². The molecule has 4 rings (SSSR count). The van der Waals surface area contributed by atoms with Gasteiger partial charge in [-0.25, -0.2) is 0 Å². The van der Waals surface area contributed by atoms with Gasteiger partial charge in [0.15, 0.2) is 11.5 Å². The van der Waals surface area contributed by atoms with E-state index in [9.17, 15) is 0 Å². The number of rotatable bonds is 4. The van der Waals surface area contributed by atoms with E-state index in [1.54, 1.807) is 13.3 Å². The molecule has 1 aliphatic heterocycles. The van der Waals surface area contributed by atoms with Gasteiger partial charge in [-0.15, -0.1) is 12.4 Å². The van der Waals surface area contributed by atoms with Crippen molar-refractivity contribution in [2.45, 2.75) is 12.8 Å². The summed E-state index contributed by atoms with van der Waals surface area (Å²) in [5, 5.41) is 5.63. The maximum atomic E-state index is 6.07. The number of methoxy groups -OCH3 is 1. The molecule has 1 fully saturated rings. The summed E-state index contributed by atoms with van der Waals surface area (Å²) in [4.78, 5) is 7.63. The van der Waals surface area contributed by atoms with Crippen LogP contribution >= 0.6 is 12.4 Å². The maximum absolute atomic E-state index is 6.07. The number of benzene rings is 1. The minimum absolute atomic E-state index is 0. The number of hydrogen-bond acceptors (Lipinski definition) is 4. The van der Waals surface area contributed by atoms with Crippen LogP contribution in [0.2, 0.25) is 0 Å². The summed E-state index contributed by atoms with van der Waals surface area (Å²) in [5.74, 6) is 2.13. The van der Waals surface area contributed by atoms with E-state index in [1.165, 1.54) is 12.8 Å². The molecule has 0 bridgehead atoms. The van der Waals surface area contributed by atoms with Gasteiger partial charge in [0, 0.05) is 47.2 Å². The minimum atomic E-state index is 0. The fraction of sp³-hybridized carbons (Fsp3) is 0.389. The molecule has 2 aromatic heterocycles. The van der Waals surface area contributed by atoms with E-state index < -0.39 is 0 Å². The number of fused-ring (bicyclic) bond motifs is 3. The van der Waals surface area contributed by atoms with Crippen molar-refractivity contribution >= 4 is 34.2 Å². The average Bonchev–Trinajstić information content (AvgIpc) is 2.97. The minimum Gasteiger partial charge on any atom is -0.493 e. The van der Waals surface area contributed by atoms with Crippen molar-refractivity contribution in [3.63, 3.8) is 0 Å². The zero-order chi connectivity index (χ0) is 15.6. The van der Waals surface area contributed by atoms with Gasteiger partial charge in [-0.3, -0.25) is 4.98 Å². The van der Waals surface area contributed by atoms with Crippen LogP contribution < -0.4 is 14.8 Å². The Bertz CT molecular complexity index is 828. The molecular formula is C18H22ClN3O2. The molecule has 6 heteroatoms. The predicted molar refractivity (Wildman–Crippen MR) is 98.5 cm³/mol. The molecule has 1 aromatic carbocycles. The highest BCUT2D eigenvalue weighted by Crippen LogP contribution is 2.36. The van der Waals surface area contributed by atoms with Crippen LogP contribution in [0.4, 0.5) is 0 Å². The summed E-state index contributed by atoms with van der Waals surface area (Å²) in [7, 11) is 1.68. The van der Waals surface area contributed by atoms with E-state index in [1.807, 2.05) is 24.4 Å². The van der Waals surface area contributed by atoms with Crippen LogP contribution in [0.15, 0.2) is 30.6 Å². The van der Waals surface area contributed by atoms with E-state index in [4.69, 9.17) is 9.47 Å². The Labute approximate surface area is 147 Å². The van der Waals surface area contributed by atoms with Gasteiger partial charge in [0.2, 0.25) is 0 Å². The molecule has 0 aliphatic carbocycles. The Balaban J connectivity index is 0.00000169. The number of hydrogen-bond donors (Lipinski definition) is 2. The number of nitrogens with one attached hydrogen (secondary N) is 2. The molecule has 3 aromatic rings. The third kappa shape index (κ3) is 3.14. The fourth-order valence-electron chi connectivity index (χ4n) is 3.30. The number of aromatic nitrogens is 2. The summed E-state index contributed by atoms with van der Waals surface area (Å²) in [5.41, 5.74) is 2.12. The Morgan fingerprint density at radius 2 is 2.12 bits per heavy atom. The van der Waals surface area contributed by atoms with Gasteiger partial charge in [-0.05, 0) is 31.5 Å². The van der Waals surface area contributed by atoms with Crippen LogP contribution in [0, 0.1) is 5.92 Å². The standard InChI is InChI=1S/C18H21N3O2.ClH/c1-22-17-7-13-14-10-20-6-4-15(14)21-16(13)8-18(17)23-11-12-3-2-5-19-9-12;/h4,6-8,10,12,19,21H,2-3,5,9,11H2,1H3;1H. The highest BCUT2D eigenvalue weighted by Gasteiger charge is 2.16. The van der Waals surface area contributed by atoms with Crippen LogP contribution in [0.1, 0.15) is 12.8 Å². The molecule has 0 amide bonds. The first-order chi connectivity index (χ1) is 11.3. The average molecular weight is 348 g/mol. The molecule has 2 N–H and O–H groups in total. The molecule has 1 atom stereocenters. The van der Waals surface area contributed by atoms with Gasteiger partial charge in [0.05, 0.1) is 19.2 Å². The van der Waals surface area contributed by atoms with Gasteiger partial charge in [0.1, 0.15) is 0 Å². The number of halogens is 1. The third-order valence-corrected chi connectivity index (χ3v) is 4.56. The van der Waals surface area contributed by atoms with Crippen LogP contribution in [-0.4, -0.2) is 36.8 Å². The van der Waals surface area contributed by atoms with E-state index in [-0.39, 0.29) is 12.4 Å². The first-order valence-electron chi connectivity index (χ1n) is 8.12. The molecule has 128 valence electrons. The van der Waals surface area contributed by atoms with Crippen LogP contribution in [-0.2, 0) is 0 Å². The molecule has 5 nitrogen and oxygen atoms in total. The summed E-state index contributed by atoms with van der Waals surface area (Å²) in [6.45, 7) is 2.87. The molecule has 1 saturated heterocycles. The molecule has 1 aliphatic rings. The fourth-order valence-corrected chi connectivity index (χ4v) is 3.30. The van der Waals surface area contributed by atoms with Crippen molar-refractivity contribution in [2.75, 3.05) is 26.8 Å². The van der Waals surface area contributed by atoms with Crippen molar-refractivity contribution in [2.24, 2.45) is 5.92 Å². The first kappa shape index (κ1) is 16.9. The Hall–Kier alpha value is -1.98. The van der Waals surface area contributed by atoms with E-state index >= 15 is 0 Å². The predicted octanol–water partition coefficient (Wildman–Crippen LogP) is 3.52.